The first-order chi connectivity index (χ1) is 21.9. The lowest BCUT2D eigenvalue weighted by Crippen LogP contribution is -2.42. The van der Waals surface area contributed by atoms with Gasteiger partial charge in [0.15, 0.2) is 23.4 Å². The SMILES string of the molecule is CCC(C)(C)C(=O)CC1Cc2ccc3c(c2)[C@@]2(c4ccccc4NC2O3)c2oc(nc2-c2nc(C#N)co2)[C@H](C(C)(C)C)NC1=O. The van der Waals surface area contributed by atoms with Crippen LogP contribution >= 0.6 is 0 Å². The fourth-order valence-electron chi connectivity index (χ4n) is 6.81. The van der Waals surface area contributed by atoms with Crippen LogP contribution in [0.25, 0.3) is 11.6 Å². The van der Waals surface area contributed by atoms with E-state index in [1.54, 1.807) is 0 Å². The van der Waals surface area contributed by atoms with Gasteiger partial charge in [0.05, 0.1) is 0 Å². The van der Waals surface area contributed by atoms with Gasteiger partial charge in [-0.1, -0.05) is 71.9 Å². The Morgan fingerprint density at radius 2 is 1.87 bits per heavy atom. The number of anilines is 1. The molecule has 0 radical (unpaired) electrons. The Morgan fingerprint density at radius 3 is 2.59 bits per heavy atom. The van der Waals surface area contributed by atoms with E-state index in [0.717, 1.165) is 22.4 Å². The second-order valence-electron chi connectivity index (χ2n) is 14.3. The monoisotopic (exact) mass is 619 g/mol. The fourth-order valence-corrected chi connectivity index (χ4v) is 6.81. The topological polar surface area (TPSA) is 143 Å². The third kappa shape index (κ3) is 4.43. The van der Waals surface area contributed by atoms with Crippen molar-refractivity contribution in [1.29, 1.82) is 5.26 Å². The number of carbonyl (C=O) groups is 2. The van der Waals surface area contributed by atoms with Crippen LogP contribution in [0.15, 0.2) is 57.6 Å². The summed E-state index contributed by atoms with van der Waals surface area (Å²) in [6, 6.07) is 15.3. The zero-order valence-electron chi connectivity index (χ0n) is 26.9. The number of fused-ring (bicyclic) bond motifs is 4. The predicted molar refractivity (Wildman–Crippen MR) is 169 cm³/mol. The van der Waals surface area contributed by atoms with Gasteiger partial charge in [0.1, 0.15) is 35.3 Å². The number of ether oxygens (including phenoxy) is 1. The molecule has 46 heavy (non-hydrogen) atoms. The maximum atomic E-state index is 14.2. The molecule has 236 valence electrons. The number of carbonyl (C=O) groups excluding carboxylic acids is 2. The standard InChI is InChI=1S/C36H37N5O5/c1-7-35(5,6)26(42)16-20-14-19-12-13-25-23(15-19)36(22-10-8-9-11-24(22)39-33(36)45-25)29-27(31-38-21(17-37)18-44-31)40-32(46-29)28(34(2,3)4)41-30(20)43/h8-13,15,18,20,28,33,39H,7,14,16H2,1-6H3,(H,41,43)/t20?,28-,33?,36+/m1/s1. The number of nitrogens with zero attached hydrogens (tertiary/aromatic N) is 3. The van der Waals surface area contributed by atoms with E-state index in [9.17, 15) is 14.9 Å². The number of Topliss-reactive ketones (excluding diaryl/α,β-unsaturated/α-hetero) is 1. The van der Waals surface area contributed by atoms with Crippen LogP contribution in [0.3, 0.4) is 0 Å². The highest BCUT2D eigenvalue weighted by molar-refractivity contribution is 5.90. The highest BCUT2D eigenvalue weighted by Crippen LogP contribution is 2.59. The number of ketones is 1. The molecule has 10 nitrogen and oxygen atoms in total. The van der Waals surface area contributed by atoms with Crippen molar-refractivity contribution >= 4 is 17.4 Å². The van der Waals surface area contributed by atoms with Gasteiger partial charge in [0.2, 0.25) is 17.7 Å². The Kier molecular flexibility index (Phi) is 6.67. The van der Waals surface area contributed by atoms with Crippen molar-refractivity contribution < 1.29 is 23.2 Å². The van der Waals surface area contributed by atoms with Gasteiger partial charge in [-0.2, -0.15) is 10.2 Å². The maximum absolute atomic E-state index is 14.2. The zero-order valence-corrected chi connectivity index (χ0v) is 26.9. The number of oxazole rings is 2. The molecular formula is C36H37N5O5. The average Bonchev–Trinajstić information content (AvgIpc) is 3.79. The quantitative estimate of drug-likeness (QED) is 0.258. The number of hydrogen-bond acceptors (Lipinski definition) is 9. The van der Waals surface area contributed by atoms with Crippen LogP contribution in [-0.2, 0) is 21.4 Å². The maximum Gasteiger partial charge on any atom is 0.250 e. The molecule has 0 saturated heterocycles. The Morgan fingerprint density at radius 1 is 1.09 bits per heavy atom. The summed E-state index contributed by atoms with van der Waals surface area (Å²) in [6.45, 7) is 11.8. The fraction of sp³-hybridized carbons (Fsp3) is 0.417. The number of nitriles is 1. The van der Waals surface area contributed by atoms with Crippen molar-refractivity contribution in [3.63, 3.8) is 0 Å². The summed E-state index contributed by atoms with van der Waals surface area (Å²) in [5.74, 6) is 0.671. The molecule has 4 atom stereocenters. The van der Waals surface area contributed by atoms with Gasteiger partial charge < -0.3 is 24.2 Å². The van der Waals surface area contributed by atoms with Crippen molar-refractivity contribution in [1.82, 2.24) is 15.3 Å². The molecular weight excluding hydrogens is 582 g/mol. The van der Waals surface area contributed by atoms with E-state index in [-0.39, 0.29) is 35.6 Å². The van der Waals surface area contributed by atoms with Crippen LogP contribution in [0.2, 0.25) is 0 Å². The number of rotatable bonds is 5. The summed E-state index contributed by atoms with van der Waals surface area (Å²) in [5.41, 5.74) is 1.87. The molecule has 4 bridgehead atoms. The molecule has 0 saturated carbocycles. The average molecular weight is 620 g/mol. The number of hydrogen-bond donors (Lipinski definition) is 2. The lowest BCUT2D eigenvalue weighted by molar-refractivity contribution is -0.134. The lowest BCUT2D eigenvalue weighted by Gasteiger charge is -2.32. The van der Waals surface area contributed by atoms with E-state index in [2.05, 4.69) is 21.7 Å². The van der Waals surface area contributed by atoms with Crippen LogP contribution in [0.4, 0.5) is 5.69 Å². The second-order valence-corrected chi connectivity index (χ2v) is 14.3. The minimum absolute atomic E-state index is 0.0439. The van der Waals surface area contributed by atoms with Crippen molar-refractivity contribution in [2.75, 3.05) is 5.32 Å². The summed E-state index contributed by atoms with van der Waals surface area (Å²) >= 11 is 0. The van der Waals surface area contributed by atoms with Gasteiger partial charge in [0, 0.05) is 29.0 Å². The van der Waals surface area contributed by atoms with Gasteiger partial charge in [-0.25, -0.2) is 4.98 Å². The van der Waals surface area contributed by atoms with Crippen LogP contribution in [0.5, 0.6) is 5.75 Å². The second kappa shape index (κ2) is 10.3. The van der Waals surface area contributed by atoms with Gasteiger partial charge in [-0.15, -0.1) is 0 Å². The molecule has 1 spiro atoms. The number of amides is 1. The van der Waals surface area contributed by atoms with Crippen molar-refractivity contribution in [2.24, 2.45) is 16.7 Å². The molecule has 0 fully saturated rings. The third-order valence-electron chi connectivity index (χ3n) is 9.89. The van der Waals surface area contributed by atoms with E-state index >= 15 is 0 Å². The summed E-state index contributed by atoms with van der Waals surface area (Å²) in [5, 5.41) is 16.3. The molecule has 4 aromatic rings. The summed E-state index contributed by atoms with van der Waals surface area (Å²) in [4.78, 5) is 37.1. The molecule has 0 aliphatic carbocycles. The molecule has 3 aliphatic heterocycles. The first kappa shape index (κ1) is 29.8. The minimum atomic E-state index is -1.01. The van der Waals surface area contributed by atoms with Crippen molar-refractivity contribution in [3.8, 4) is 23.4 Å². The third-order valence-corrected chi connectivity index (χ3v) is 9.89. The van der Waals surface area contributed by atoms with Crippen LogP contribution in [0.1, 0.15) is 94.5 Å². The molecule has 2 unspecified atom stereocenters. The van der Waals surface area contributed by atoms with Crippen molar-refractivity contribution in [3.05, 3.63) is 82.8 Å². The Hall–Kier alpha value is -4.91. The molecule has 7 rings (SSSR count). The normalized spacial score (nSPS) is 23.2. The molecule has 3 aliphatic rings. The number of nitrogens with one attached hydrogen (secondary N) is 2. The minimum Gasteiger partial charge on any atom is -0.469 e. The van der Waals surface area contributed by atoms with Crippen molar-refractivity contribution in [2.45, 2.75) is 78.5 Å². The first-order valence-corrected chi connectivity index (χ1v) is 15.7. The summed E-state index contributed by atoms with van der Waals surface area (Å²) in [7, 11) is 0. The first-order valence-electron chi connectivity index (χ1n) is 15.7. The Balaban J connectivity index is 1.51. The smallest absolute Gasteiger partial charge is 0.250 e. The molecule has 2 aromatic carbocycles. The van der Waals surface area contributed by atoms with Gasteiger partial charge in [-0.05, 0) is 41.5 Å². The molecule has 2 N–H and O–H groups in total. The summed E-state index contributed by atoms with van der Waals surface area (Å²) in [6.07, 6.45) is 1.84. The van der Waals surface area contributed by atoms with Gasteiger partial charge in [-0.3, -0.25) is 9.59 Å². The lowest BCUT2D eigenvalue weighted by atomic mass is 9.72. The largest absolute Gasteiger partial charge is 0.469 e. The van der Waals surface area contributed by atoms with Gasteiger partial charge >= 0.3 is 0 Å². The molecule has 5 heterocycles. The van der Waals surface area contributed by atoms with E-state index in [1.807, 2.05) is 84.0 Å². The van der Waals surface area contributed by atoms with Crippen LogP contribution < -0.4 is 15.4 Å². The van der Waals surface area contributed by atoms with E-state index in [1.165, 1.54) is 6.26 Å². The Labute approximate surface area is 267 Å². The molecule has 10 heteroatoms. The van der Waals surface area contributed by atoms with E-state index in [0.29, 0.717) is 30.0 Å². The Bertz CT molecular complexity index is 1920. The highest BCUT2D eigenvalue weighted by atomic mass is 16.5. The van der Waals surface area contributed by atoms with E-state index in [4.69, 9.17) is 18.6 Å². The van der Waals surface area contributed by atoms with Crippen LogP contribution in [-0.4, -0.2) is 27.9 Å². The number of para-hydroxylation sites is 1. The molecule has 1 amide bonds. The number of benzene rings is 2. The van der Waals surface area contributed by atoms with E-state index < -0.39 is 34.4 Å². The summed E-state index contributed by atoms with van der Waals surface area (Å²) < 4.78 is 19.3. The number of aromatic nitrogens is 2. The zero-order chi connectivity index (χ0) is 32.6. The molecule has 2 aromatic heterocycles. The van der Waals surface area contributed by atoms with Gasteiger partial charge in [0.25, 0.3) is 0 Å². The highest BCUT2D eigenvalue weighted by Gasteiger charge is 2.61. The predicted octanol–water partition coefficient (Wildman–Crippen LogP) is 6.45. The van der Waals surface area contributed by atoms with Crippen LogP contribution in [0, 0.1) is 28.1 Å².